The average molecular weight is 877 g/mol. The summed E-state index contributed by atoms with van der Waals surface area (Å²) < 4.78 is 30.1. The van der Waals surface area contributed by atoms with Crippen LogP contribution in [0.25, 0.3) is 0 Å². The third-order valence-corrected chi connectivity index (χ3v) is 13.5. The summed E-state index contributed by atoms with van der Waals surface area (Å²) in [5, 5.41) is 48.7. The highest BCUT2D eigenvalue weighted by Gasteiger charge is 2.56. The molecule has 4 aliphatic rings. The highest BCUT2D eigenvalue weighted by Crippen LogP contribution is 2.39. The molecule has 0 aromatic carbocycles. The van der Waals surface area contributed by atoms with Gasteiger partial charge in [-0.2, -0.15) is 0 Å². The first kappa shape index (κ1) is 51.6. The fourth-order valence-electron chi connectivity index (χ4n) is 9.80. The number of ether oxygens (including phenoxy) is 5. The molecule has 3 fully saturated rings. The monoisotopic (exact) mass is 877 g/mol. The number of Topliss-reactive ketones (excluding diaryl/α,β-unsaturated/α-hetero) is 1. The van der Waals surface area contributed by atoms with Gasteiger partial charge in [-0.3, -0.25) is 9.59 Å². The van der Waals surface area contributed by atoms with Gasteiger partial charge in [-0.1, -0.05) is 49.7 Å². The lowest BCUT2D eigenvalue weighted by Crippen LogP contribution is -2.64. The number of rotatable bonds is 11. The minimum absolute atomic E-state index is 0.0103. The lowest BCUT2D eigenvalue weighted by molar-refractivity contribution is -0.302. The van der Waals surface area contributed by atoms with Gasteiger partial charge in [0, 0.05) is 65.1 Å². The molecule has 2 saturated heterocycles. The summed E-state index contributed by atoms with van der Waals surface area (Å²) >= 11 is 0. The number of cyclic esters (lactones) is 1. The number of amides is 1. The van der Waals surface area contributed by atoms with E-state index in [-0.39, 0.29) is 62.9 Å². The first-order chi connectivity index (χ1) is 29.5. The third kappa shape index (κ3) is 13.0. The number of piperidine rings is 1. The maximum Gasteiger partial charge on any atom is 0.329 e. The van der Waals surface area contributed by atoms with Crippen molar-refractivity contribution in [3.05, 3.63) is 36.0 Å². The molecule has 4 N–H and O–H groups in total. The standard InChI is InChI=1S/C47H76N2O13/c1-10-14-34-22-28(2)21-29(3)23-40(58-8)43-41(59-9)25-31(5)47(56,62-43)44(53)45(54)49-18-12-11-15-36(49)46(55)61-42(30(4)24-33-16-17-37(51)39(26-33)57-7)32(6)38(52)27-35(34)48-60-20-13-19-50/h10,22,24,29,31-34,36-43,50-52,56H,1,11-21,23,25-27H2,2-9H3/b28-22+,30-24+,48-35-/t29-,31+,32+,33-,34+,36-,37+,38-,39+,40-,41-,42+,43+,47+/m0/s1. The van der Waals surface area contributed by atoms with E-state index in [9.17, 15) is 34.8 Å². The number of hydrogen-bond acceptors (Lipinski definition) is 14. The quantitative estimate of drug-likeness (QED) is 0.0724. The molecule has 0 radical (unpaired) electrons. The number of aliphatic hydroxyl groups excluding tert-OH is 3. The maximum atomic E-state index is 14.5. The van der Waals surface area contributed by atoms with Crippen molar-refractivity contribution in [1.82, 2.24) is 4.90 Å². The lowest BCUT2D eigenvalue weighted by Gasteiger charge is -2.47. The van der Waals surface area contributed by atoms with Crippen LogP contribution in [-0.4, -0.2) is 144 Å². The second-order valence-electron chi connectivity index (χ2n) is 18.3. The predicted octanol–water partition coefficient (Wildman–Crippen LogP) is 4.82. The average Bonchev–Trinajstić information content (AvgIpc) is 3.25. The van der Waals surface area contributed by atoms with Crippen LogP contribution in [0.5, 0.6) is 0 Å². The number of oxime groups is 1. The van der Waals surface area contributed by atoms with Gasteiger partial charge in [0.05, 0.1) is 36.2 Å². The second kappa shape index (κ2) is 24.3. The molecule has 2 bridgehead atoms. The summed E-state index contributed by atoms with van der Waals surface area (Å²) in [5.74, 6) is -7.29. The molecule has 1 saturated carbocycles. The Hall–Kier alpha value is -3.02. The minimum Gasteiger partial charge on any atom is -0.456 e. The fourth-order valence-corrected chi connectivity index (χ4v) is 9.80. The molecule has 3 heterocycles. The molecule has 62 heavy (non-hydrogen) atoms. The van der Waals surface area contributed by atoms with Crippen LogP contribution in [0.4, 0.5) is 0 Å². The van der Waals surface area contributed by atoms with Gasteiger partial charge in [0.2, 0.25) is 5.79 Å². The Morgan fingerprint density at radius 1 is 0.968 bits per heavy atom. The van der Waals surface area contributed by atoms with Crippen molar-refractivity contribution in [2.24, 2.45) is 34.7 Å². The summed E-state index contributed by atoms with van der Waals surface area (Å²) in [6.07, 6.45) is 6.14. The summed E-state index contributed by atoms with van der Waals surface area (Å²) in [5.41, 5.74) is 2.27. The number of aliphatic hydroxyl groups is 4. The molecule has 0 aromatic heterocycles. The van der Waals surface area contributed by atoms with E-state index in [1.165, 1.54) is 19.1 Å². The van der Waals surface area contributed by atoms with Crippen molar-refractivity contribution in [2.45, 2.75) is 166 Å². The Kier molecular flexibility index (Phi) is 20.2. The number of hydrogen-bond donors (Lipinski definition) is 4. The normalized spacial score (nSPS) is 39.2. The first-order valence-corrected chi connectivity index (χ1v) is 22.7. The molecule has 0 spiro atoms. The first-order valence-electron chi connectivity index (χ1n) is 22.7. The van der Waals surface area contributed by atoms with Gasteiger partial charge >= 0.3 is 5.97 Å². The van der Waals surface area contributed by atoms with E-state index in [4.69, 9.17) is 28.5 Å². The number of allylic oxidation sites excluding steroid dienone is 4. The van der Waals surface area contributed by atoms with Gasteiger partial charge in [0.15, 0.2) is 0 Å². The molecule has 15 heteroatoms. The second-order valence-corrected chi connectivity index (χ2v) is 18.3. The topological polar surface area (TPSA) is 203 Å². The van der Waals surface area contributed by atoms with Crippen LogP contribution in [0.3, 0.4) is 0 Å². The zero-order valence-electron chi connectivity index (χ0n) is 38.4. The van der Waals surface area contributed by atoms with Crippen LogP contribution in [0.1, 0.15) is 112 Å². The number of carbonyl (C=O) groups is 3. The van der Waals surface area contributed by atoms with E-state index in [0.29, 0.717) is 69.1 Å². The zero-order valence-corrected chi connectivity index (χ0v) is 38.4. The lowest BCUT2D eigenvalue weighted by atomic mass is 9.81. The van der Waals surface area contributed by atoms with Crippen LogP contribution < -0.4 is 0 Å². The zero-order chi connectivity index (χ0) is 45.7. The number of carbonyl (C=O) groups excluding carboxylic acids is 3. The highest BCUT2D eigenvalue weighted by atomic mass is 16.7. The van der Waals surface area contributed by atoms with Gasteiger partial charge in [-0.05, 0) is 95.5 Å². The highest BCUT2D eigenvalue weighted by molar-refractivity contribution is 6.39. The van der Waals surface area contributed by atoms with E-state index in [1.54, 1.807) is 27.0 Å². The van der Waals surface area contributed by atoms with Crippen molar-refractivity contribution in [3.63, 3.8) is 0 Å². The minimum atomic E-state index is -2.52. The van der Waals surface area contributed by atoms with Crippen molar-refractivity contribution >= 4 is 23.4 Å². The van der Waals surface area contributed by atoms with E-state index in [1.807, 2.05) is 19.9 Å². The van der Waals surface area contributed by atoms with Crippen molar-refractivity contribution < 1.29 is 63.3 Å². The number of methoxy groups -OCH3 is 3. The van der Waals surface area contributed by atoms with Crippen LogP contribution in [0, 0.1) is 29.6 Å². The van der Waals surface area contributed by atoms with Gasteiger partial charge in [0.25, 0.3) is 11.7 Å². The van der Waals surface area contributed by atoms with Crippen LogP contribution in [-0.2, 0) is 42.9 Å². The van der Waals surface area contributed by atoms with Crippen LogP contribution in [0.2, 0.25) is 0 Å². The van der Waals surface area contributed by atoms with Crippen LogP contribution >= 0.6 is 0 Å². The molecule has 0 unspecified atom stereocenters. The Labute approximate surface area is 368 Å². The van der Waals surface area contributed by atoms with Crippen LogP contribution in [0.15, 0.2) is 41.1 Å². The van der Waals surface area contributed by atoms with E-state index in [2.05, 4.69) is 24.7 Å². The number of esters is 1. The molecule has 14 atom stereocenters. The summed E-state index contributed by atoms with van der Waals surface area (Å²) in [4.78, 5) is 50.1. The number of ketones is 1. The van der Waals surface area contributed by atoms with Gasteiger partial charge in [0.1, 0.15) is 24.9 Å². The molecule has 3 aliphatic heterocycles. The van der Waals surface area contributed by atoms with Crippen molar-refractivity contribution in [1.29, 1.82) is 0 Å². The smallest absolute Gasteiger partial charge is 0.329 e. The third-order valence-electron chi connectivity index (χ3n) is 13.5. The molecule has 15 nitrogen and oxygen atoms in total. The summed E-state index contributed by atoms with van der Waals surface area (Å²) in [6.45, 7) is 13.6. The molecule has 1 aliphatic carbocycles. The van der Waals surface area contributed by atoms with Gasteiger partial charge in [-0.25, -0.2) is 4.79 Å². The maximum absolute atomic E-state index is 14.5. The van der Waals surface area contributed by atoms with Gasteiger partial charge < -0.3 is 53.8 Å². The molecule has 4 rings (SSSR count). The molecule has 1 amide bonds. The molecular weight excluding hydrogens is 801 g/mol. The fraction of sp³-hybridized carbons (Fsp3) is 0.787. The van der Waals surface area contributed by atoms with Gasteiger partial charge in [-0.15, -0.1) is 6.58 Å². The number of nitrogens with zero attached hydrogens (tertiary/aromatic N) is 2. The Balaban J connectivity index is 1.84. The Bertz CT molecular complexity index is 1580. The summed E-state index contributed by atoms with van der Waals surface area (Å²) in [6, 6.07) is -1.14. The van der Waals surface area contributed by atoms with Crippen molar-refractivity contribution in [3.8, 4) is 0 Å². The molecular formula is C47H76N2O13. The van der Waals surface area contributed by atoms with E-state index >= 15 is 0 Å². The molecule has 352 valence electrons. The van der Waals surface area contributed by atoms with Crippen molar-refractivity contribution in [2.75, 3.05) is 41.1 Å². The largest absolute Gasteiger partial charge is 0.456 e. The SMILES string of the molecule is C=CC[C@@H]1/C=C(\C)C[C@H](C)C[C@H](OC)[C@H]2O[C@@](O)(C(=O)C(=O)N3CCCC[C@H]3C(=O)O[C@H](/C(C)=C/[C@@H]3CC[C@@H](O)[C@H](OC)C3)[C@H](C)[C@@H](O)C/C1=N/OCCCO)[C@H](C)C[C@@H]2OC. The predicted molar refractivity (Wildman–Crippen MR) is 233 cm³/mol. The Morgan fingerprint density at radius 2 is 1.66 bits per heavy atom. The summed E-state index contributed by atoms with van der Waals surface area (Å²) in [7, 11) is 4.65. The number of fused-ring (bicyclic) bond motifs is 3. The molecule has 0 aromatic rings. The Morgan fingerprint density at radius 3 is 2.32 bits per heavy atom. The van der Waals surface area contributed by atoms with E-state index in [0.717, 1.165) is 5.57 Å². The van der Waals surface area contributed by atoms with E-state index < -0.39 is 77.9 Å².